The summed E-state index contributed by atoms with van der Waals surface area (Å²) in [6.07, 6.45) is 1.94. The average molecular weight is 460 g/mol. The van der Waals surface area contributed by atoms with Gasteiger partial charge in [0, 0.05) is 18.7 Å². The molecular weight excluding hydrogens is 436 g/mol. The van der Waals surface area contributed by atoms with Crippen LogP contribution in [0, 0.1) is 0 Å². The van der Waals surface area contributed by atoms with Gasteiger partial charge in [0.2, 0.25) is 11.8 Å². The van der Waals surface area contributed by atoms with E-state index in [1.165, 1.54) is 13.0 Å². The summed E-state index contributed by atoms with van der Waals surface area (Å²) in [6, 6.07) is 14.1. The lowest BCUT2D eigenvalue weighted by atomic mass is 10.1. The lowest BCUT2D eigenvalue weighted by Crippen LogP contribution is -2.30. The summed E-state index contributed by atoms with van der Waals surface area (Å²) in [5, 5.41) is 15.3. The minimum Gasteiger partial charge on any atom is -0.494 e. The number of carbonyl (C=O) groups is 1. The van der Waals surface area contributed by atoms with Crippen molar-refractivity contribution in [1.82, 2.24) is 14.9 Å². The van der Waals surface area contributed by atoms with E-state index in [1.54, 1.807) is 24.3 Å². The second kappa shape index (κ2) is 9.62. The van der Waals surface area contributed by atoms with Gasteiger partial charge in [0.25, 0.3) is 5.56 Å². The van der Waals surface area contributed by atoms with Crippen LogP contribution in [0.2, 0.25) is 0 Å². The fourth-order valence-corrected chi connectivity index (χ4v) is 3.81. The maximum atomic E-state index is 12.7. The van der Waals surface area contributed by atoms with Gasteiger partial charge in [0.05, 0.1) is 23.3 Å². The fraction of sp³-hybridized carbons (Fsp3) is 0.200. The summed E-state index contributed by atoms with van der Waals surface area (Å²) in [5.41, 5.74) is 0.0616. The number of amides is 1. The molecule has 0 atom stereocenters. The van der Waals surface area contributed by atoms with Crippen LogP contribution in [-0.2, 0) is 4.79 Å². The molecule has 3 aromatic rings. The van der Waals surface area contributed by atoms with Gasteiger partial charge in [-0.2, -0.15) is 0 Å². The van der Waals surface area contributed by atoms with Gasteiger partial charge in [-0.25, -0.2) is 14.4 Å². The Morgan fingerprint density at radius 3 is 2.62 bits per heavy atom. The smallest absolute Gasteiger partial charge is 0.335 e. The van der Waals surface area contributed by atoms with Crippen molar-refractivity contribution in [3.8, 4) is 17.3 Å². The molecule has 1 aliphatic heterocycles. The van der Waals surface area contributed by atoms with Gasteiger partial charge >= 0.3 is 5.69 Å². The van der Waals surface area contributed by atoms with Crippen LogP contribution >= 0.6 is 0 Å². The van der Waals surface area contributed by atoms with Gasteiger partial charge in [-0.3, -0.25) is 14.6 Å². The van der Waals surface area contributed by atoms with E-state index >= 15 is 0 Å². The lowest BCUT2D eigenvalue weighted by molar-refractivity contribution is -0.118. The molecule has 0 saturated heterocycles. The quantitative estimate of drug-likeness (QED) is 0.485. The normalized spacial score (nSPS) is 13.5. The van der Waals surface area contributed by atoms with Gasteiger partial charge in [-0.15, -0.1) is 0 Å². The van der Waals surface area contributed by atoms with Crippen LogP contribution < -0.4 is 31.9 Å². The van der Waals surface area contributed by atoms with Crippen LogP contribution in [0.5, 0.6) is 11.6 Å². The minimum absolute atomic E-state index is 0.0999. The van der Waals surface area contributed by atoms with Gasteiger partial charge in [-0.05, 0) is 55.3 Å². The molecule has 174 valence electrons. The number of ether oxygens (including phenoxy) is 1. The molecule has 0 fully saturated rings. The number of rotatable bonds is 7. The Morgan fingerprint density at radius 1 is 1.18 bits per heavy atom. The zero-order chi connectivity index (χ0) is 24.2. The maximum Gasteiger partial charge on any atom is 0.335 e. The highest BCUT2D eigenvalue weighted by molar-refractivity contribution is 5.77. The first-order valence-electron chi connectivity index (χ1n) is 10.8. The van der Waals surface area contributed by atoms with Crippen LogP contribution in [0.25, 0.3) is 17.3 Å². The summed E-state index contributed by atoms with van der Waals surface area (Å²) in [7, 11) is 0. The Kier molecular flexibility index (Phi) is 6.44. The topological polar surface area (TPSA) is 126 Å². The molecular formula is C25H24N4O5. The highest BCUT2D eigenvalue weighted by Crippen LogP contribution is 2.25. The molecule has 0 unspecified atom stereocenters. The molecule has 1 amide bonds. The first-order chi connectivity index (χ1) is 16.4. The molecule has 0 aliphatic carbocycles. The zero-order valence-electron chi connectivity index (χ0n) is 18.8. The molecule has 0 radical (unpaired) electrons. The van der Waals surface area contributed by atoms with E-state index < -0.39 is 17.1 Å². The van der Waals surface area contributed by atoms with Crippen molar-refractivity contribution in [1.29, 1.82) is 0 Å². The number of hydrogen-bond donors (Lipinski definition) is 3. The summed E-state index contributed by atoms with van der Waals surface area (Å²) in [6.45, 7) is 4.18. The minimum atomic E-state index is -0.768. The number of nitrogens with zero attached hydrogens (tertiary/aromatic N) is 2. The average Bonchev–Trinajstić information content (AvgIpc) is 3.15. The summed E-state index contributed by atoms with van der Waals surface area (Å²) < 4.78 is 6.44. The third-order valence-corrected chi connectivity index (χ3v) is 5.34. The molecule has 0 saturated carbocycles. The van der Waals surface area contributed by atoms with Gasteiger partial charge in [-0.1, -0.05) is 18.2 Å². The Bertz CT molecular complexity index is 1510. The summed E-state index contributed by atoms with van der Waals surface area (Å²) >= 11 is 0. The maximum absolute atomic E-state index is 12.7. The molecule has 34 heavy (non-hydrogen) atoms. The second-order valence-electron chi connectivity index (χ2n) is 7.63. The Balaban J connectivity index is 1.81. The number of H-pyrrole nitrogens is 1. The Labute approximate surface area is 194 Å². The predicted molar refractivity (Wildman–Crippen MR) is 127 cm³/mol. The van der Waals surface area contributed by atoms with Crippen molar-refractivity contribution in [2.24, 2.45) is 4.99 Å². The second-order valence-corrected chi connectivity index (χ2v) is 7.63. The van der Waals surface area contributed by atoms with Crippen molar-refractivity contribution >= 4 is 17.6 Å². The fourth-order valence-electron chi connectivity index (χ4n) is 3.81. The molecule has 2 aromatic carbocycles. The number of allylic oxidation sites excluding steroid dienone is 1. The Morgan fingerprint density at radius 2 is 1.91 bits per heavy atom. The SMILES string of the molecule is CCOc1ccc(-n2c(O)c(/C=C3\N=c4ccccc4=C3CCNC(C)=O)c(=O)[nH]c2=O)cc1. The first kappa shape index (κ1) is 22.8. The third kappa shape index (κ3) is 4.54. The standard InChI is InChI=1S/C25H24N4O5/c1-3-34-17-10-8-16(9-11-17)29-24(32)20(23(31)28-25(29)33)14-22-19(12-13-26-15(2)30)18-6-4-5-7-21(18)27-22/h4-11,14,32H,3,12-13H2,1-2H3,(H,26,30)(H,28,31,33)/b22-14-. The van der Waals surface area contributed by atoms with E-state index in [9.17, 15) is 19.5 Å². The number of fused-ring (bicyclic) bond motifs is 1. The lowest BCUT2D eigenvalue weighted by Gasteiger charge is -2.11. The van der Waals surface area contributed by atoms with Crippen LogP contribution in [0.15, 0.2) is 68.8 Å². The number of para-hydroxylation sites is 1. The number of aromatic nitrogens is 2. The molecule has 9 nitrogen and oxygen atoms in total. The van der Waals surface area contributed by atoms with Crippen LogP contribution in [0.4, 0.5) is 0 Å². The molecule has 4 rings (SSSR count). The molecule has 1 aliphatic rings. The largest absolute Gasteiger partial charge is 0.494 e. The highest BCUT2D eigenvalue weighted by atomic mass is 16.5. The highest BCUT2D eigenvalue weighted by Gasteiger charge is 2.18. The molecule has 0 bridgehead atoms. The first-order valence-corrected chi connectivity index (χ1v) is 10.8. The zero-order valence-corrected chi connectivity index (χ0v) is 18.8. The van der Waals surface area contributed by atoms with E-state index in [4.69, 9.17) is 4.74 Å². The van der Waals surface area contributed by atoms with E-state index in [0.717, 1.165) is 20.7 Å². The number of aromatic hydroxyl groups is 1. The number of carbonyl (C=O) groups excluding carboxylic acids is 1. The Hall–Kier alpha value is -4.40. The van der Waals surface area contributed by atoms with E-state index in [2.05, 4.69) is 15.3 Å². The van der Waals surface area contributed by atoms with E-state index in [1.807, 2.05) is 31.2 Å². The third-order valence-electron chi connectivity index (χ3n) is 5.34. The molecule has 3 N–H and O–H groups in total. The van der Waals surface area contributed by atoms with Crippen molar-refractivity contribution in [2.75, 3.05) is 13.2 Å². The molecule has 2 heterocycles. The molecule has 0 spiro atoms. The van der Waals surface area contributed by atoms with Crippen molar-refractivity contribution < 1.29 is 14.6 Å². The van der Waals surface area contributed by atoms with Crippen LogP contribution in [0.1, 0.15) is 25.8 Å². The van der Waals surface area contributed by atoms with Crippen LogP contribution in [-0.4, -0.2) is 33.7 Å². The van der Waals surface area contributed by atoms with Gasteiger partial charge in [0.15, 0.2) is 0 Å². The molecule has 9 heteroatoms. The predicted octanol–water partition coefficient (Wildman–Crippen LogP) is 0.981. The number of nitrogens with one attached hydrogen (secondary N) is 2. The van der Waals surface area contributed by atoms with Crippen LogP contribution in [0.3, 0.4) is 0 Å². The summed E-state index contributed by atoms with van der Waals surface area (Å²) in [5.74, 6) is -0.0323. The number of benzene rings is 2. The van der Waals surface area contributed by atoms with Crippen molar-refractivity contribution in [3.05, 3.63) is 91.2 Å². The van der Waals surface area contributed by atoms with Gasteiger partial charge < -0.3 is 15.2 Å². The summed E-state index contributed by atoms with van der Waals surface area (Å²) in [4.78, 5) is 43.4. The number of hydrogen-bond acceptors (Lipinski definition) is 6. The van der Waals surface area contributed by atoms with E-state index in [0.29, 0.717) is 36.7 Å². The number of aromatic amines is 1. The van der Waals surface area contributed by atoms with Gasteiger partial charge in [0.1, 0.15) is 11.3 Å². The molecule has 1 aromatic heterocycles. The van der Waals surface area contributed by atoms with E-state index in [-0.39, 0.29) is 11.5 Å². The van der Waals surface area contributed by atoms with Crippen molar-refractivity contribution in [3.63, 3.8) is 0 Å². The monoisotopic (exact) mass is 460 g/mol. The van der Waals surface area contributed by atoms with Crippen molar-refractivity contribution in [2.45, 2.75) is 20.3 Å².